The van der Waals surface area contributed by atoms with Crippen LogP contribution >= 0.6 is 0 Å². The summed E-state index contributed by atoms with van der Waals surface area (Å²) >= 11 is 0. The van der Waals surface area contributed by atoms with Crippen molar-refractivity contribution in [1.82, 2.24) is 21.4 Å². The van der Waals surface area contributed by atoms with Crippen LogP contribution in [0, 0.1) is 0 Å². The maximum absolute atomic E-state index is 13.1. The van der Waals surface area contributed by atoms with Gasteiger partial charge in [-0.25, -0.2) is 15.0 Å². The first-order valence-corrected chi connectivity index (χ1v) is 19.6. The Labute approximate surface area is 369 Å². The maximum atomic E-state index is 13.1. The van der Waals surface area contributed by atoms with Gasteiger partial charge in [0.15, 0.2) is 0 Å². The smallest absolute Gasteiger partial charge is 0.305 e. The molecule has 5 aliphatic rings. The van der Waals surface area contributed by atoms with Crippen molar-refractivity contribution in [3.8, 4) is 0 Å². The molecule has 3 atom stereocenters. The van der Waals surface area contributed by atoms with Crippen molar-refractivity contribution in [3.05, 3.63) is 117 Å². The Morgan fingerprint density at radius 3 is 1.92 bits per heavy atom. The second-order valence-corrected chi connectivity index (χ2v) is 14.8. The van der Waals surface area contributed by atoms with Gasteiger partial charge in [0.1, 0.15) is 18.2 Å². The summed E-state index contributed by atoms with van der Waals surface area (Å²) < 4.78 is 0. The lowest BCUT2D eigenvalue weighted by molar-refractivity contribution is -0.139. The zero-order chi connectivity index (χ0) is 44.6. The molecule has 8 bridgehead atoms. The van der Waals surface area contributed by atoms with Crippen LogP contribution in [0.15, 0.2) is 132 Å². The molecule has 5 aliphatic heterocycles. The van der Waals surface area contributed by atoms with E-state index in [0.717, 1.165) is 16.7 Å². The summed E-state index contributed by atoms with van der Waals surface area (Å²) in [5.74, 6) is -3.58. The van der Waals surface area contributed by atoms with Gasteiger partial charge in [-0.15, -0.1) is 0 Å². The number of carboxylic acids is 2. The minimum Gasteiger partial charge on any atom is -0.481 e. The lowest BCUT2D eigenvalue weighted by atomic mass is 9.92. The molecule has 0 fully saturated rings. The Kier molecular flexibility index (Phi) is 17.5. The van der Waals surface area contributed by atoms with Crippen LogP contribution in [-0.2, 0) is 33.6 Å². The van der Waals surface area contributed by atoms with E-state index in [4.69, 9.17) is 30.0 Å². The molecule has 0 saturated heterocycles. The van der Waals surface area contributed by atoms with Gasteiger partial charge >= 0.3 is 11.9 Å². The van der Waals surface area contributed by atoms with Gasteiger partial charge in [-0.05, 0) is 106 Å². The minimum atomic E-state index is -1.58. The van der Waals surface area contributed by atoms with E-state index < -0.39 is 54.3 Å². The van der Waals surface area contributed by atoms with Crippen LogP contribution in [0.25, 0.3) is 0 Å². The fraction of sp³-hybridized carbons (Fsp3) is 0.356. The van der Waals surface area contributed by atoms with Crippen molar-refractivity contribution >= 4 is 61.9 Å². The van der Waals surface area contributed by atoms with Crippen molar-refractivity contribution in [3.63, 3.8) is 0 Å². The fourth-order valence-corrected chi connectivity index (χ4v) is 7.26. The number of hydroxylamine groups is 1. The van der Waals surface area contributed by atoms with E-state index in [1.54, 1.807) is 37.4 Å². The van der Waals surface area contributed by atoms with Crippen LogP contribution in [0.2, 0.25) is 0 Å². The molecule has 0 aromatic carbocycles. The molecule has 5 heterocycles. The van der Waals surface area contributed by atoms with Crippen LogP contribution in [0.5, 0.6) is 0 Å². The number of aliphatic carboxylic acids is 2. The number of hydrogen-bond acceptors (Lipinski definition) is 13. The Morgan fingerprint density at radius 1 is 0.825 bits per heavy atom. The zero-order valence-corrected chi connectivity index (χ0v) is 35.1. The van der Waals surface area contributed by atoms with Gasteiger partial charge in [-0.3, -0.25) is 29.5 Å². The number of allylic oxidation sites excluding steroid dienone is 11. The van der Waals surface area contributed by atoms with Gasteiger partial charge in [-0.2, -0.15) is 0 Å². The Hall–Kier alpha value is -6.79. The number of nitrogens with zero attached hydrogens (tertiary/aromatic N) is 3. The number of carbonyl (C=O) groups excluding carboxylic acids is 4. The monoisotopic (exact) mass is 865 g/mol. The minimum absolute atomic E-state index is 0. The van der Waals surface area contributed by atoms with Gasteiger partial charge in [0.2, 0.25) is 11.8 Å². The molecular weight excluding hydrogens is 809 g/mol. The number of nitrogens with one attached hydrogen (secondary N) is 4. The highest BCUT2D eigenvalue weighted by molar-refractivity contribution is 6.18. The number of amides is 2. The van der Waals surface area contributed by atoms with Crippen LogP contribution in [0.1, 0.15) is 82.0 Å². The molecule has 5 rings (SSSR count). The predicted molar refractivity (Wildman–Crippen MR) is 241 cm³/mol. The summed E-state index contributed by atoms with van der Waals surface area (Å²) in [6.45, 7) is 13.5. The van der Waals surface area contributed by atoms with E-state index in [0.29, 0.717) is 87.1 Å². The number of carbonyl (C=O) groups is 6. The molecule has 333 valence electrons. The van der Waals surface area contributed by atoms with E-state index in [2.05, 4.69) is 28.0 Å². The standard InChI is InChI=1S/C44H49N7O10.CH4.B.H2/c1-7-28-23(3)33-18-38-31(13-14-45-61-8-2)44(6,60)39(51-38)20-34-25(5)30(10-12-41(55)47-27(22-53)16-43(58)59)37(50-34)19-36-29(24(4)32(49-36)17-35(28)48-33)9-11-40(54)46-26(21-52)15-42(56)57;;;/h7,13-14,17-22,26-27,45,51,60H,1,8-12,15-16H2,2-6H3,(H,46,54)(H,47,55)(H,56,57)(H,58,59);1H4;;1H/t26-,27-,44?;;;/m1.../s1/i;;;1+1. The third-order valence-corrected chi connectivity index (χ3v) is 10.6. The summed E-state index contributed by atoms with van der Waals surface area (Å²) in [4.78, 5) is 91.8. The van der Waals surface area contributed by atoms with Gasteiger partial charge in [-0.1, -0.05) is 20.1 Å². The quantitative estimate of drug-likeness (QED) is 0.0420. The second kappa shape index (κ2) is 21.8. The Bertz CT molecular complexity index is 2360. The average Bonchev–Trinajstić information content (AvgIpc) is 3.84. The highest BCUT2D eigenvalue weighted by Crippen LogP contribution is 2.40. The van der Waals surface area contributed by atoms with Gasteiger partial charge < -0.3 is 40.9 Å². The van der Waals surface area contributed by atoms with E-state index in [-0.39, 0.29) is 42.9 Å². The van der Waals surface area contributed by atoms with Gasteiger partial charge in [0.05, 0.1) is 71.5 Å². The number of hydrogen-bond donors (Lipinski definition) is 7. The molecule has 0 aromatic heterocycles. The molecule has 1 unspecified atom stereocenters. The molecule has 63 heavy (non-hydrogen) atoms. The van der Waals surface area contributed by atoms with E-state index in [9.17, 15) is 33.9 Å². The first-order valence-electron chi connectivity index (χ1n) is 19.6. The SMILES string of the molecule is C.C=CC1=C(C)C2=CC3=C(C=CNOCC)C(C)(O)C(=CC4=NC(=CC5=NC(=CC1=N2)C(C)=C5CCC(=O)N[C@@H](C=O)CC(=O)O)C(CCC(=O)N[C@@H](C=O)CC(=O)O)=C4C)N3.[2HH].[B]. The van der Waals surface area contributed by atoms with Crippen molar-refractivity contribution in [2.24, 2.45) is 15.0 Å². The molecule has 17 nitrogen and oxygen atoms in total. The number of rotatable bonds is 19. The average molecular weight is 866 g/mol. The molecule has 7 N–H and O–H groups in total. The first kappa shape index (κ1) is 50.6. The lowest BCUT2D eigenvalue weighted by Gasteiger charge is -2.21. The topological polar surface area (TPSA) is 258 Å². The number of fused-ring (bicyclic) bond motifs is 5. The van der Waals surface area contributed by atoms with Crippen molar-refractivity contribution in [2.45, 2.75) is 98.3 Å². The highest BCUT2D eigenvalue weighted by Gasteiger charge is 2.39. The van der Waals surface area contributed by atoms with Crippen molar-refractivity contribution < 1.29 is 50.4 Å². The third kappa shape index (κ3) is 11.8. The van der Waals surface area contributed by atoms with Crippen LogP contribution < -0.4 is 21.4 Å². The Morgan fingerprint density at radius 2 is 1.37 bits per heavy atom. The molecular formula is C45H55BN7O10. The third-order valence-electron chi connectivity index (χ3n) is 10.6. The number of aldehydes is 2. The van der Waals surface area contributed by atoms with E-state index in [1.165, 1.54) is 0 Å². The lowest BCUT2D eigenvalue weighted by Crippen LogP contribution is -2.37. The molecule has 0 spiro atoms. The van der Waals surface area contributed by atoms with Crippen molar-refractivity contribution in [1.29, 1.82) is 0 Å². The molecule has 0 aromatic rings. The van der Waals surface area contributed by atoms with Crippen molar-refractivity contribution in [2.75, 3.05) is 6.61 Å². The first-order chi connectivity index (χ1) is 29.0. The van der Waals surface area contributed by atoms with Crippen LogP contribution in [0.4, 0.5) is 0 Å². The number of aliphatic hydroxyl groups is 1. The molecule has 2 amide bonds. The van der Waals surface area contributed by atoms with E-state index >= 15 is 0 Å². The Balaban J connectivity index is 0.00000469. The largest absolute Gasteiger partial charge is 0.481 e. The number of carboxylic acid groups (broad SMARTS) is 2. The summed E-state index contributed by atoms with van der Waals surface area (Å²) in [5, 5.41) is 38.8. The molecule has 0 aliphatic carbocycles. The van der Waals surface area contributed by atoms with Crippen LogP contribution in [0.3, 0.4) is 0 Å². The fourth-order valence-electron chi connectivity index (χ4n) is 7.26. The number of aliphatic imine (C=N–C) groups is 3. The summed E-state index contributed by atoms with van der Waals surface area (Å²) in [5.41, 5.74) is 9.88. The normalized spacial score (nSPS) is 19.9. The second-order valence-electron chi connectivity index (χ2n) is 14.8. The predicted octanol–water partition coefficient (Wildman–Crippen LogP) is 4.08. The van der Waals surface area contributed by atoms with Crippen LogP contribution in [-0.4, -0.2) is 101 Å². The summed E-state index contributed by atoms with van der Waals surface area (Å²) in [7, 11) is 0. The molecule has 0 saturated carbocycles. The molecule has 3 radical (unpaired) electrons. The van der Waals surface area contributed by atoms with Gasteiger partial charge in [0, 0.05) is 45.7 Å². The highest BCUT2D eigenvalue weighted by atomic mass is 16.6. The molecule has 18 heteroatoms. The summed E-state index contributed by atoms with van der Waals surface area (Å²) in [6.07, 6.45) is 11.7. The van der Waals surface area contributed by atoms with Gasteiger partial charge in [0.25, 0.3) is 0 Å². The summed E-state index contributed by atoms with van der Waals surface area (Å²) in [6, 6.07) is -2.42. The maximum Gasteiger partial charge on any atom is 0.305 e. The zero-order valence-electron chi connectivity index (χ0n) is 35.1. The van der Waals surface area contributed by atoms with E-state index in [1.807, 2.05) is 39.8 Å².